The minimum Gasteiger partial charge on any atom is -0.384 e. The summed E-state index contributed by atoms with van der Waals surface area (Å²) in [5, 5.41) is 3.24. The van der Waals surface area contributed by atoms with E-state index in [4.69, 9.17) is 4.74 Å². The lowest BCUT2D eigenvalue weighted by atomic mass is 9.85. The number of para-hydroxylation sites is 1. The van der Waals surface area contributed by atoms with Crippen LogP contribution in [0.2, 0.25) is 0 Å². The first-order valence-corrected chi connectivity index (χ1v) is 8.39. The number of carbonyl (C=O) groups is 1. The number of hydrogen-bond acceptors (Lipinski definition) is 3. The van der Waals surface area contributed by atoms with Gasteiger partial charge in [-0.05, 0) is 36.8 Å². The highest BCUT2D eigenvalue weighted by molar-refractivity contribution is 5.99. The number of rotatable bonds is 7. The van der Waals surface area contributed by atoms with Crippen molar-refractivity contribution in [1.29, 1.82) is 0 Å². The van der Waals surface area contributed by atoms with Crippen LogP contribution in [0.3, 0.4) is 0 Å². The van der Waals surface area contributed by atoms with Crippen LogP contribution in [-0.4, -0.2) is 44.2 Å². The normalized spacial score (nSPS) is 16.9. The second-order valence-electron chi connectivity index (χ2n) is 6.28. The molecule has 0 radical (unpaired) electrons. The second kappa shape index (κ2) is 8.73. The number of nitrogens with one attached hydrogen (secondary N) is 1. The van der Waals surface area contributed by atoms with E-state index in [0.29, 0.717) is 18.4 Å². The first-order valence-electron chi connectivity index (χ1n) is 8.39. The van der Waals surface area contributed by atoms with Gasteiger partial charge in [0.05, 0.1) is 5.56 Å². The van der Waals surface area contributed by atoms with Gasteiger partial charge in [0.2, 0.25) is 0 Å². The fraction of sp³-hybridized carbons (Fsp3) is 0.526. The largest absolute Gasteiger partial charge is 0.384 e. The maximum Gasteiger partial charge on any atom is 0.255 e. The summed E-state index contributed by atoms with van der Waals surface area (Å²) in [5.41, 5.74) is 1.63. The Morgan fingerprint density at radius 3 is 2.78 bits per heavy atom. The molecule has 23 heavy (non-hydrogen) atoms. The molecule has 1 aromatic rings. The molecule has 1 heterocycles. The number of methoxy groups -OCH3 is 1. The molecule has 1 aliphatic heterocycles. The molecule has 1 N–H and O–H groups in total. The van der Waals surface area contributed by atoms with Gasteiger partial charge in [0.15, 0.2) is 0 Å². The number of ether oxygens (including phenoxy) is 1. The van der Waals surface area contributed by atoms with E-state index in [0.717, 1.165) is 43.8 Å². The Hall–Kier alpha value is -1.81. The highest BCUT2D eigenvalue weighted by Crippen LogP contribution is 2.27. The first-order chi connectivity index (χ1) is 11.2. The van der Waals surface area contributed by atoms with Crippen LogP contribution in [0.5, 0.6) is 0 Å². The fourth-order valence-electron chi connectivity index (χ4n) is 3.25. The number of likely N-dealkylation sites (tertiary alicyclic amines) is 1. The number of piperidine rings is 1. The van der Waals surface area contributed by atoms with Gasteiger partial charge < -0.3 is 15.0 Å². The van der Waals surface area contributed by atoms with E-state index in [-0.39, 0.29) is 5.91 Å². The summed E-state index contributed by atoms with van der Waals surface area (Å²) in [6.07, 6.45) is 3.90. The van der Waals surface area contributed by atoms with Crippen molar-refractivity contribution in [2.75, 3.05) is 38.7 Å². The average Bonchev–Trinajstić information content (AvgIpc) is 2.60. The van der Waals surface area contributed by atoms with E-state index in [2.05, 4.69) is 18.8 Å². The van der Waals surface area contributed by atoms with Crippen molar-refractivity contribution >= 4 is 11.6 Å². The number of nitrogens with zero attached hydrogens (tertiary/aromatic N) is 1. The third-order valence-corrected chi connectivity index (χ3v) is 4.66. The van der Waals surface area contributed by atoms with E-state index >= 15 is 0 Å². The third kappa shape index (κ3) is 4.58. The SMILES string of the molecule is C=CCNc1ccccc1C(=O)N1CCC(C(C)COC)CC1. The minimum absolute atomic E-state index is 0.120. The summed E-state index contributed by atoms with van der Waals surface area (Å²) in [6.45, 7) is 9.05. The van der Waals surface area contributed by atoms with Gasteiger partial charge in [-0.2, -0.15) is 0 Å². The summed E-state index contributed by atoms with van der Waals surface area (Å²) >= 11 is 0. The Labute approximate surface area is 139 Å². The highest BCUT2D eigenvalue weighted by Gasteiger charge is 2.27. The van der Waals surface area contributed by atoms with Crippen LogP contribution in [-0.2, 0) is 4.74 Å². The lowest BCUT2D eigenvalue weighted by Gasteiger charge is -2.35. The van der Waals surface area contributed by atoms with Gasteiger partial charge in [0, 0.05) is 39.0 Å². The van der Waals surface area contributed by atoms with Crippen LogP contribution in [0, 0.1) is 11.8 Å². The smallest absolute Gasteiger partial charge is 0.255 e. The third-order valence-electron chi connectivity index (χ3n) is 4.66. The van der Waals surface area contributed by atoms with Gasteiger partial charge in [0.1, 0.15) is 0 Å². The van der Waals surface area contributed by atoms with Crippen LogP contribution in [0.1, 0.15) is 30.1 Å². The van der Waals surface area contributed by atoms with Crippen LogP contribution < -0.4 is 5.32 Å². The molecule has 0 bridgehead atoms. The minimum atomic E-state index is 0.120. The zero-order valence-corrected chi connectivity index (χ0v) is 14.3. The maximum atomic E-state index is 12.8. The van der Waals surface area contributed by atoms with Crippen molar-refractivity contribution in [3.63, 3.8) is 0 Å². The molecule has 2 rings (SSSR count). The predicted molar refractivity (Wildman–Crippen MR) is 94.8 cm³/mol. The van der Waals surface area contributed by atoms with Crippen LogP contribution >= 0.6 is 0 Å². The van der Waals surface area contributed by atoms with E-state index < -0.39 is 0 Å². The molecule has 1 fully saturated rings. The lowest BCUT2D eigenvalue weighted by Crippen LogP contribution is -2.40. The molecular weight excluding hydrogens is 288 g/mol. The van der Waals surface area contributed by atoms with Gasteiger partial charge in [-0.1, -0.05) is 25.1 Å². The van der Waals surface area contributed by atoms with Crippen LogP contribution in [0.4, 0.5) is 5.69 Å². The lowest BCUT2D eigenvalue weighted by molar-refractivity contribution is 0.0599. The molecule has 1 aliphatic rings. The maximum absolute atomic E-state index is 12.8. The van der Waals surface area contributed by atoms with Crippen molar-refractivity contribution < 1.29 is 9.53 Å². The van der Waals surface area contributed by atoms with Crippen molar-refractivity contribution in [2.24, 2.45) is 11.8 Å². The van der Waals surface area contributed by atoms with Crippen LogP contribution in [0.15, 0.2) is 36.9 Å². The molecule has 0 aliphatic carbocycles. The fourth-order valence-corrected chi connectivity index (χ4v) is 3.25. The van der Waals surface area contributed by atoms with E-state index in [9.17, 15) is 4.79 Å². The quantitative estimate of drug-likeness (QED) is 0.784. The topological polar surface area (TPSA) is 41.6 Å². The molecule has 1 saturated heterocycles. The molecule has 126 valence electrons. The highest BCUT2D eigenvalue weighted by atomic mass is 16.5. The molecule has 4 nitrogen and oxygen atoms in total. The Balaban J connectivity index is 1.98. The molecule has 1 atom stereocenters. The van der Waals surface area contributed by atoms with Gasteiger partial charge in [-0.15, -0.1) is 6.58 Å². The molecule has 1 aromatic carbocycles. The molecular formula is C19H28N2O2. The Kier molecular flexibility index (Phi) is 6.66. The van der Waals surface area contributed by atoms with E-state index in [1.54, 1.807) is 13.2 Å². The Bertz CT molecular complexity index is 522. The second-order valence-corrected chi connectivity index (χ2v) is 6.28. The number of anilines is 1. The van der Waals surface area contributed by atoms with Crippen molar-refractivity contribution in [1.82, 2.24) is 4.90 Å². The summed E-state index contributed by atoms with van der Waals surface area (Å²) in [4.78, 5) is 14.8. The van der Waals surface area contributed by atoms with E-state index in [1.165, 1.54) is 0 Å². The average molecular weight is 316 g/mol. The molecule has 0 aromatic heterocycles. The predicted octanol–water partition coefficient (Wildman–Crippen LogP) is 3.42. The number of carbonyl (C=O) groups excluding carboxylic acids is 1. The first kappa shape index (κ1) is 17.5. The van der Waals surface area contributed by atoms with Gasteiger partial charge in [-0.25, -0.2) is 0 Å². The number of benzene rings is 1. The molecule has 0 saturated carbocycles. The number of hydrogen-bond donors (Lipinski definition) is 1. The summed E-state index contributed by atoms with van der Waals surface area (Å²) < 4.78 is 5.26. The van der Waals surface area contributed by atoms with Crippen molar-refractivity contribution in [3.8, 4) is 0 Å². The molecule has 4 heteroatoms. The zero-order valence-electron chi connectivity index (χ0n) is 14.3. The van der Waals surface area contributed by atoms with Gasteiger partial charge >= 0.3 is 0 Å². The Morgan fingerprint density at radius 2 is 2.13 bits per heavy atom. The molecule has 0 spiro atoms. The molecule has 1 unspecified atom stereocenters. The summed E-state index contributed by atoms with van der Waals surface area (Å²) in [7, 11) is 1.75. The monoisotopic (exact) mass is 316 g/mol. The Morgan fingerprint density at radius 1 is 1.43 bits per heavy atom. The zero-order chi connectivity index (χ0) is 16.7. The summed E-state index contributed by atoms with van der Waals surface area (Å²) in [5.74, 6) is 1.32. The van der Waals surface area contributed by atoms with Gasteiger partial charge in [-0.3, -0.25) is 4.79 Å². The van der Waals surface area contributed by atoms with Crippen LogP contribution in [0.25, 0.3) is 0 Å². The molecule has 1 amide bonds. The summed E-state index contributed by atoms with van der Waals surface area (Å²) in [6, 6.07) is 7.71. The van der Waals surface area contributed by atoms with E-state index in [1.807, 2.05) is 29.2 Å². The standard InChI is InChI=1S/C19H28N2O2/c1-4-11-20-18-8-6-5-7-17(18)19(22)21-12-9-16(10-13-21)15(2)14-23-3/h4-8,15-16,20H,1,9-14H2,2-3H3. The number of amides is 1. The van der Waals surface area contributed by atoms with Gasteiger partial charge in [0.25, 0.3) is 5.91 Å². The van der Waals surface area contributed by atoms with Crippen molar-refractivity contribution in [2.45, 2.75) is 19.8 Å². The van der Waals surface area contributed by atoms with Crippen molar-refractivity contribution in [3.05, 3.63) is 42.5 Å².